The zero-order valence-corrected chi connectivity index (χ0v) is 15.1. The first-order valence-electron chi connectivity index (χ1n) is 8.93. The maximum atomic E-state index is 12.8. The highest BCUT2D eigenvalue weighted by molar-refractivity contribution is 6.32. The van der Waals surface area contributed by atoms with Gasteiger partial charge in [-0.3, -0.25) is 19.9 Å². The van der Waals surface area contributed by atoms with Crippen LogP contribution in [0.25, 0.3) is 0 Å². The summed E-state index contributed by atoms with van der Waals surface area (Å²) in [7, 11) is 0. The summed E-state index contributed by atoms with van der Waals surface area (Å²) in [5.74, 6) is -2.35. The second-order valence-corrected chi connectivity index (χ2v) is 7.03. The lowest BCUT2D eigenvalue weighted by Crippen LogP contribution is -2.58. The molecule has 1 aromatic rings. The van der Waals surface area contributed by atoms with Gasteiger partial charge in [-0.1, -0.05) is 18.9 Å². The van der Waals surface area contributed by atoms with E-state index in [9.17, 15) is 14.4 Å². The molecule has 138 valence electrons. The number of amides is 4. The van der Waals surface area contributed by atoms with E-state index in [4.69, 9.17) is 5.73 Å². The Labute approximate surface area is 152 Å². The molecule has 3 atom stereocenters. The minimum atomic E-state index is -1.12. The fourth-order valence-corrected chi connectivity index (χ4v) is 3.35. The van der Waals surface area contributed by atoms with E-state index in [1.54, 1.807) is 12.1 Å². The summed E-state index contributed by atoms with van der Waals surface area (Å²) in [5, 5.41) is 2.25. The minimum absolute atomic E-state index is 0.0563. The first kappa shape index (κ1) is 18.3. The largest absolute Gasteiger partial charge is 0.335 e. The van der Waals surface area contributed by atoms with Gasteiger partial charge in [-0.25, -0.2) is 9.69 Å². The van der Waals surface area contributed by atoms with E-state index in [1.165, 1.54) is 6.21 Å². The third-order valence-corrected chi connectivity index (χ3v) is 5.16. The average molecular weight is 356 g/mol. The van der Waals surface area contributed by atoms with Gasteiger partial charge in [-0.15, -0.1) is 0 Å². The molecule has 0 spiro atoms. The molecule has 3 N–H and O–H groups in total. The van der Waals surface area contributed by atoms with Crippen LogP contribution in [-0.2, 0) is 9.59 Å². The molecular weight excluding hydrogens is 332 g/mol. The van der Waals surface area contributed by atoms with E-state index in [-0.39, 0.29) is 12.1 Å². The number of hydrogen-bond acceptors (Lipinski definition) is 5. The summed E-state index contributed by atoms with van der Waals surface area (Å²) >= 11 is 0. The Morgan fingerprint density at radius 1 is 1.15 bits per heavy atom. The van der Waals surface area contributed by atoms with Crippen LogP contribution < -0.4 is 16.0 Å². The van der Waals surface area contributed by atoms with Crippen LogP contribution in [0.5, 0.6) is 0 Å². The van der Waals surface area contributed by atoms with Gasteiger partial charge in [0.05, 0.1) is 11.7 Å². The van der Waals surface area contributed by atoms with Gasteiger partial charge in [-0.2, -0.15) is 0 Å². The molecule has 7 heteroatoms. The number of imide groups is 2. The summed E-state index contributed by atoms with van der Waals surface area (Å²) in [6.45, 7) is 3.85. The number of nitrogens with zero attached hydrogens (tertiary/aromatic N) is 2. The topological polar surface area (TPSA) is 105 Å². The second-order valence-electron chi connectivity index (χ2n) is 7.03. The van der Waals surface area contributed by atoms with Crippen molar-refractivity contribution in [3.05, 3.63) is 29.3 Å². The van der Waals surface area contributed by atoms with Gasteiger partial charge in [0.1, 0.15) is 0 Å². The summed E-state index contributed by atoms with van der Waals surface area (Å²) in [4.78, 5) is 42.6. The highest BCUT2D eigenvalue weighted by atomic mass is 16.2. The SMILES string of the molecule is Cc1ccc(N2C(=O)NC(=O)[C@H](C=N[C@@H]3CCCC[C@H]3N)C2=O)cc1C. The molecule has 1 aliphatic heterocycles. The maximum absolute atomic E-state index is 12.8. The quantitative estimate of drug-likeness (QED) is 0.637. The molecular formula is C19H24N4O3. The number of anilines is 1. The van der Waals surface area contributed by atoms with Crippen LogP contribution in [0.15, 0.2) is 23.2 Å². The molecule has 2 aliphatic rings. The number of urea groups is 1. The van der Waals surface area contributed by atoms with E-state index in [2.05, 4.69) is 10.3 Å². The first-order valence-corrected chi connectivity index (χ1v) is 8.93. The highest BCUT2D eigenvalue weighted by Gasteiger charge is 2.40. The molecule has 0 radical (unpaired) electrons. The standard InChI is InChI=1S/C19H24N4O3/c1-11-7-8-13(9-12(11)2)23-18(25)14(17(24)22-19(23)26)10-21-16-6-4-3-5-15(16)20/h7-10,14-16H,3-6,20H2,1-2H3,(H,22,24,26)/t14-,15+,16+/m0/s1. The lowest BCUT2D eigenvalue weighted by Gasteiger charge is -2.30. The number of carbonyl (C=O) groups excluding carboxylic acids is 3. The van der Waals surface area contributed by atoms with E-state index in [1.807, 2.05) is 19.9 Å². The minimum Gasteiger partial charge on any atom is -0.326 e. The molecule has 2 fully saturated rings. The maximum Gasteiger partial charge on any atom is 0.335 e. The first-order chi connectivity index (χ1) is 12.4. The monoisotopic (exact) mass is 356 g/mol. The highest BCUT2D eigenvalue weighted by Crippen LogP contribution is 2.24. The van der Waals surface area contributed by atoms with E-state index < -0.39 is 23.8 Å². The predicted octanol–water partition coefficient (Wildman–Crippen LogP) is 1.84. The summed E-state index contributed by atoms with van der Waals surface area (Å²) in [6.07, 6.45) is 5.20. The van der Waals surface area contributed by atoms with Gasteiger partial charge in [0.15, 0.2) is 5.92 Å². The summed E-state index contributed by atoms with van der Waals surface area (Å²) in [6, 6.07) is 4.42. The van der Waals surface area contributed by atoms with Crippen LogP contribution in [0.4, 0.5) is 10.5 Å². The molecule has 3 rings (SSSR count). The Morgan fingerprint density at radius 2 is 1.88 bits per heavy atom. The van der Waals surface area contributed by atoms with Crippen LogP contribution in [0.2, 0.25) is 0 Å². The fourth-order valence-electron chi connectivity index (χ4n) is 3.35. The molecule has 1 heterocycles. The van der Waals surface area contributed by atoms with Crippen molar-refractivity contribution in [1.82, 2.24) is 5.32 Å². The van der Waals surface area contributed by atoms with Gasteiger partial charge in [0.2, 0.25) is 5.91 Å². The van der Waals surface area contributed by atoms with Crippen molar-refractivity contribution < 1.29 is 14.4 Å². The van der Waals surface area contributed by atoms with Crippen molar-refractivity contribution in [2.75, 3.05) is 4.90 Å². The predicted molar refractivity (Wildman–Crippen MR) is 99.2 cm³/mol. The van der Waals surface area contributed by atoms with Crippen molar-refractivity contribution in [3.8, 4) is 0 Å². The van der Waals surface area contributed by atoms with Crippen LogP contribution in [0.1, 0.15) is 36.8 Å². The van der Waals surface area contributed by atoms with E-state index in [0.717, 1.165) is 41.7 Å². The Bertz CT molecular complexity index is 774. The molecule has 0 bridgehead atoms. The van der Waals surface area contributed by atoms with Crippen molar-refractivity contribution >= 4 is 29.7 Å². The molecule has 1 saturated heterocycles. The number of benzene rings is 1. The molecule has 0 unspecified atom stereocenters. The van der Waals surface area contributed by atoms with Gasteiger partial charge in [0.25, 0.3) is 5.91 Å². The number of aliphatic imine (C=N–C) groups is 1. The van der Waals surface area contributed by atoms with Crippen molar-refractivity contribution in [2.45, 2.75) is 51.6 Å². The second kappa shape index (κ2) is 7.37. The third-order valence-electron chi connectivity index (χ3n) is 5.16. The fraction of sp³-hybridized carbons (Fsp3) is 0.474. The molecule has 1 aromatic carbocycles. The lowest BCUT2D eigenvalue weighted by atomic mass is 9.91. The molecule has 0 aromatic heterocycles. The Balaban J connectivity index is 1.84. The number of barbiturate groups is 1. The smallest absolute Gasteiger partial charge is 0.326 e. The number of aryl methyl sites for hydroxylation is 2. The Morgan fingerprint density at radius 3 is 2.58 bits per heavy atom. The third kappa shape index (κ3) is 3.53. The molecule has 7 nitrogen and oxygen atoms in total. The lowest BCUT2D eigenvalue weighted by molar-refractivity contribution is -0.131. The summed E-state index contributed by atoms with van der Waals surface area (Å²) in [5.41, 5.74) is 8.52. The van der Waals surface area contributed by atoms with Gasteiger partial charge >= 0.3 is 6.03 Å². The zero-order valence-electron chi connectivity index (χ0n) is 15.1. The summed E-state index contributed by atoms with van der Waals surface area (Å²) < 4.78 is 0. The number of nitrogens with one attached hydrogen (secondary N) is 1. The number of carbonyl (C=O) groups is 3. The van der Waals surface area contributed by atoms with Gasteiger partial charge in [-0.05, 0) is 49.9 Å². The molecule has 1 saturated carbocycles. The number of nitrogens with two attached hydrogens (primary N) is 1. The normalized spacial score (nSPS) is 27.1. The molecule has 1 aliphatic carbocycles. The van der Waals surface area contributed by atoms with Gasteiger partial charge in [0, 0.05) is 12.3 Å². The van der Waals surface area contributed by atoms with Crippen molar-refractivity contribution in [3.63, 3.8) is 0 Å². The van der Waals surface area contributed by atoms with Crippen LogP contribution in [0, 0.1) is 19.8 Å². The molecule has 4 amide bonds. The van der Waals surface area contributed by atoms with Crippen LogP contribution in [-0.4, -0.2) is 36.1 Å². The number of rotatable bonds is 3. The van der Waals surface area contributed by atoms with Gasteiger partial charge < -0.3 is 5.73 Å². The zero-order chi connectivity index (χ0) is 18.8. The van der Waals surface area contributed by atoms with E-state index >= 15 is 0 Å². The Hall–Kier alpha value is -2.54. The van der Waals surface area contributed by atoms with Crippen LogP contribution >= 0.6 is 0 Å². The van der Waals surface area contributed by atoms with E-state index in [0.29, 0.717) is 5.69 Å². The molecule has 26 heavy (non-hydrogen) atoms. The van der Waals surface area contributed by atoms with Crippen LogP contribution in [0.3, 0.4) is 0 Å². The number of hydrogen-bond donors (Lipinski definition) is 2. The van der Waals surface area contributed by atoms with Crippen molar-refractivity contribution in [1.29, 1.82) is 0 Å². The Kier molecular flexibility index (Phi) is 5.18. The van der Waals surface area contributed by atoms with Crippen molar-refractivity contribution in [2.24, 2.45) is 16.6 Å². The average Bonchev–Trinajstić information content (AvgIpc) is 2.59.